The number of aliphatic hydroxyl groups excluding tert-OH is 2. The zero-order chi connectivity index (χ0) is 21.3. The lowest BCUT2D eigenvalue weighted by molar-refractivity contribution is -0.0266. The molecule has 0 fully saturated rings. The van der Waals surface area contributed by atoms with Crippen LogP contribution in [0.25, 0.3) is 0 Å². The first kappa shape index (κ1) is 28.6. The van der Waals surface area contributed by atoms with E-state index in [9.17, 15) is 5.11 Å². The molecule has 29 heavy (non-hydrogen) atoms. The molecule has 0 saturated heterocycles. The minimum Gasteiger partial charge on any atom is -0.394 e. The highest BCUT2D eigenvalue weighted by atomic mass is 16.6. The molecular formula is C20H42O9. The molecule has 0 spiro atoms. The second kappa shape index (κ2) is 25.7. The van der Waals surface area contributed by atoms with Crippen molar-refractivity contribution in [2.45, 2.75) is 32.3 Å². The van der Waals surface area contributed by atoms with Crippen molar-refractivity contribution in [1.82, 2.24) is 0 Å². The fourth-order valence-corrected chi connectivity index (χ4v) is 2.13. The minimum atomic E-state index is -0.375. The van der Waals surface area contributed by atoms with Crippen molar-refractivity contribution in [1.29, 1.82) is 0 Å². The molecule has 1 atom stereocenters. The van der Waals surface area contributed by atoms with Crippen molar-refractivity contribution in [3.8, 4) is 0 Å². The number of aliphatic hydroxyl groups is 2. The van der Waals surface area contributed by atoms with E-state index in [1.807, 2.05) is 0 Å². The Morgan fingerprint density at radius 2 is 0.897 bits per heavy atom. The molecule has 176 valence electrons. The summed E-state index contributed by atoms with van der Waals surface area (Å²) in [6, 6.07) is 0. The Labute approximate surface area is 175 Å². The van der Waals surface area contributed by atoms with Gasteiger partial charge in [0.25, 0.3) is 0 Å². The van der Waals surface area contributed by atoms with Crippen LogP contribution in [0.2, 0.25) is 0 Å². The summed E-state index contributed by atoms with van der Waals surface area (Å²) in [5.74, 6) is 0. The van der Waals surface area contributed by atoms with Crippen LogP contribution in [0, 0.1) is 0 Å². The van der Waals surface area contributed by atoms with E-state index in [2.05, 4.69) is 6.92 Å². The van der Waals surface area contributed by atoms with Gasteiger partial charge in [0.15, 0.2) is 0 Å². The highest BCUT2D eigenvalue weighted by Crippen LogP contribution is 2.00. The van der Waals surface area contributed by atoms with E-state index < -0.39 is 0 Å². The molecule has 0 heterocycles. The molecule has 9 nitrogen and oxygen atoms in total. The molecule has 2 N–H and O–H groups in total. The third-order valence-electron chi connectivity index (χ3n) is 3.67. The highest BCUT2D eigenvalue weighted by molar-refractivity contribution is 4.53. The summed E-state index contributed by atoms with van der Waals surface area (Å²) in [4.78, 5) is 0. The van der Waals surface area contributed by atoms with Gasteiger partial charge in [-0.15, -0.1) is 0 Å². The number of hydrogen-bond donors (Lipinski definition) is 2. The summed E-state index contributed by atoms with van der Waals surface area (Å²) in [6.45, 7) is 8.90. The van der Waals surface area contributed by atoms with Gasteiger partial charge in [0, 0.05) is 0 Å². The quantitative estimate of drug-likeness (QED) is 0.204. The first-order valence-corrected chi connectivity index (χ1v) is 10.6. The van der Waals surface area contributed by atoms with E-state index in [1.54, 1.807) is 0 Å². The van der Waals surface area contributed by atoms with Gasteiger partial charge in [-0.1, -0.05) is 19.8 Å². The lowest BCUT2D eigenvalue weighted by Gasteiger charge is -2.11. The molecule has 0 aliphatic carbocycles. The van der Waals surface area contributed by atoms with E-state index in [4.69, 9.17) is 38.3 Å². The van der Waals surface area contributed by atoms with Gasteiger partial charge in [-0.2, -0.15) is 0 Å². The summed E-state index contributed by atoms with van der Waals surface area (Å²) in [5, 5.41) is 18.1. The SMILES string of the molecule is CCCCC(O)COCCOCCOCCOCCOCCOCCOCCO. The third-order valence-corrected chi connectivity index (χ3v) is 3.67. The van der Waals surface area contributed by atoms with Crippen molar-refractivity contribution in [2.24, 2.45) is 0 Å². The van der Waals surface area contributed by atoms with Crippen molar-refractivity contribution >= 4 is 0 Å². The summed E-state index contributed by atoms with van der Waals surface area (Å²) in [5.41, 5.74) is 0. The second-order valence-electron chi connectivity index (χ2n) is 6.27. The summed E-state index contributed by atoms with van der Waals surface area (Å²) < 4.78 is 37.3. The van der Waals surface area contributed by atoms with Crippen molar-refractivity contribution in [3.05, 3.63) is 0 Å². The van der Waals surface area contributed by atoms with Crippen molar-refractivity contribution in [3.63, 3.8) is 0 Å². The van der Waals surface area contributed by atoms with Gasteiger partial charge in [-0.05, 0) is 6.42 Å². The van der Waals surface area contributed by atoms with Gasteiger partial charge in [0.05, 0.1) is 105 Å². The maximum Gasteiger partial charge on any atom is 0.0773 e. The average molecular weight is 427 g/mol. The lowest BCUT2D eigenvalue weighted by Crippen LogP contribution is -2.18. The van der Waals surface area contributed by atoms with Gasteiger partial charge in [0.2, 0.25) is 0 Å². The van der Waals surface area contributed by atoms with Crippen LogP contribution in [-0.2, 0) is 33.2 Å². The molecule has 0 aromatic heterocycles. The molecule has 1 unspecified atom stereocenters. The zero-order valence-corrected chi connectivity index (χ0v) is 18.1. The standard InChI is InChI=1S/C20H42O9/c1-2-3-4-20(22)19-29-18-17-28-16-15-27-14-13-26-12-11-25-10-9-24-8-7-23-6-5-21/h20-22H,2-19H2,1H3. The topological polar surface area (TPSA) is 105 Å². The van der Waals surface area contributed by atoms with Crippen LogP contribution in [0.4, 0.5) is 0 Å². The molecule has 0 aromatic rings. The first-order chi connectivity index (χ1) is 14.3. The predicted molar refractivity (Wildman–Crippen MR) is 108 cm³/mol. The fourth-order valence-electron chi connectivity index (χ4n) is 2.13. The molecule has 0 aliphatic heterocycles. The smallest absolute Gasteiger partial charge is 0.0773 e. The molecule has 0 radical (unpaired) electrons. The fraction of sp³-hybridized carbons (Fsp3) is 1.00. The number of unbranched alkanes of at least 4 members (excludes halogenated alkanes) is 1. The van der Waals surface area contributed by atoms with E-state index in [0.29, 0.717) is 92.5 Å². The van der Waals surface area contributed by atoms with Crippen LogP contribution in [0.3, 0.4) is 0 Å². The van der Waals surface area contributed by atoms with E-state index in [1.165, 1.54) is 0 Å². The normalized spacial score (nSPS) is 12.5. The van der Waals surface area contributed by atoms with Gasteiger partial charge >= 0.3 is 0 Å². The largest absolute Gasteiger partial charge is 0.394 e. The molecule has 0 amide bonds. The van der Waals surface area contributed by atoms with Crippen LogP contribution >= 0.6 is 0 Å². The molecule has 0 rings (SSSR count). The van der Waals surface area contributed by atoms with Gasteiger partial charge in [0.1, 0.15) is 0 Å². The van der Waals surface area contributed by atoms with Gasteiger partial charge < -0.3 is 43.4 Å². The Kier molecular flexibility index (Phi) is 25.4. The van der Waals surface area contributed by atoms with E-state index >= 15 is 0 Å². The van der Waals surface area contributed by atoms with Crippen molar-refractivity contribution < 1.29 is 43.4 Å². The van der Waals surface area contributed by atoms with Crippen LogP contribution in [0.15, 0.2) is 0 Å². The molecule has 0 aromatic carbocycles. The van der Waals surface area contributed by atoms with Crippen LogP contribution in [0.5, 0.6) is 0 Å². The minimum absolute atomic E-state index is 0.0309. The Balaban J connectivity index is 3.03. The summed E-state index contributed by atoms with van der Waals surface area (Å²) in [7, 11) is 0. The molecule has 0 aliphatic rings. The predicted octanol–water partition coefficient (Wildman–Crippen LogP) is 0.646. The first-order valence-electron chi connectivity index (χ1n) is 10.6. The van der Waals surface area contributed by atoms with E-state index in [-0.39, 0.29) is 12.7 Å². The molecule has 0 saturated carbocycles. The number of ether oxygens (including phenoxy) is 7. The van der Waals surface area contributed by atoms with Crippen molar-refractivity contribution in [2.75, 3.05) is 99.1 Å². The lowest BCUT2D eigenvalue weighted by atomic mass is 10.2. The van der Waals surface area contributed by atoms with Crippen LogP contribution in [0.1, 0.15) is 26.2 Å². The number of rotatable bonds is 25. The Hall–Kier alpha value is -0.360. The zero-order valence-electron chi connectivity index (χ0n) is 18.1. The monoisotopic (exact) mass is 426 g/mol. The second-order valence-corrected chi connectivity index (χ2v) is 6.27. The average Bonchev–Trinajstić information content (AvgIpc) is 2.73. The van der Waals surface area contributed by atoms with Gasteiger partial charge in [-0.3, -0.25) is 0 Å². The maximum atomic E-state index is 9.62. The Morgan fingerprint density at radius 1 is 0.552 bits per heavy atom. The Morgan fingerprint density at radius 3 is 1.24 bits per heavy atom. The number of hydrogen-bond acceptors (Lipinski definition) is 9. The maximum absolute atomic E-state index is 9.62. The van der Waals surface area contributed by atoms with E-state index in [0.717, 1.165) is 19.3 Å². The van der Waals surface area contributed by atoms with Gasteiger partial charge in [-0.25, -0.2) is 0 Å². The summed E-state index contributed by atoms with van der Waals surface area (Å²) in [6.07, 6.45) is 2.52. The molecule has 9 heteroatoms. The summed E-state index contributed by atoms with van der Waals surface area (Å²) >= 11 is 0. The molecule has 0 bridgehead atoms. The van der Waals surface area contributed by atoms with Crippen LogP contribution in [-0.4, -0.2) is 115 Å². The molecular weight excluding hydrogens is 384 g/mol. The highest BCUT2D eigenvalue weighted by Gasteiger charge is 2.02. The Bertz CT molecular complexity index is 295. The van der Waals surface area contributed by atoms with Crippen LogP contribution < -0.4 is 0 Å². The third kappa shape index (κ3) is 25.6.